The van der Waals surface area contributed by atoms with Crippen molar-refractivity contribution >= 4 is 11.8 Å². The van der Waals surface area contributed by atoms with E-state index in [9.17, 15) is 9.59 Å². The van der Waals surface area contributed by atoms with E-state index in [1.54, 1.807) is 11.9 Å². The number of hydrogen-bond acceptors (Lipinski definition) is 3. The highest BCUT2D eigenvalue weighted by Crippen LogP contribution is 2.08. The fourth-order valence-electron chi connectivity index (χ4n) is 1.91. The molecule has 0 radical (unpaired) electrons. The lowest BCUT2D eigenvalue weighted by Gasteiger charge is -2.24. The molecule has 0 saturated carbocycles. The Morgan fingerprint density at radius 3 is 2.75 bits per heavy atom. The molecule has 1 atom stereocenters. The van der Waals surface area contributed by atoms with Gasteiger partial charge in [0, 0.05) is 13.6 Å². The van der Waals surface area contributed by atoms with Gasteiger partial charge in [-0.05, 0) is 25.8 Å². The minimum Gasteiger partial charge on any atom is -0.358 e. The molecule has 1 unspecified atom stereocenters. The van der Waals surface area contributed by atoms with Gasteiger partial charge < -0.3 is 15.5 Å². The van der Waals surface area contributed by atoms with Crippen LogP contribution in [0.5, 0.6) is 0 Å². The van der Waals surface area contributed by atoms with Crippen LogP contribution in [0, 0.1) is 0 Å². The molecule has 1 rings (SSSR count). The third-order valence-corrected chi connectivity index (χ3v) is 2.78. The van der Waals surface area contributed by atoms with Crippen LogP contribution in [-0.4, -0.2) is 49.4 Å². The summed E-state index contributed by atoms with van der Waals surface area (Å²) in [4.78, 5) is 25.0. The van der Waals surface area contributed by atoms with Gasteiger partial charge in [-0.1, -0.05) is 6.92 Å². The maximum atomic E-state index is 12.1. The summed E-state index contributed by atoms with van der Waals surface area (Å²) in [5.41, 5.74) is 0. The molecule has 1 fully saturated rings. The highest BCUT2D eigenvalue weighted by Gasteiger charge is 2.27. The summed E-state index contributed by atoms with van der Waals surface area (Å²) >= 11 is 0. The van der Waals surface area contributed by atoms with Crippen LogP contribution in [0.2, 0.25) is 0 Å². The average Bonchev–Trinajstić information content (AvgIpc) is 2.80. The first-order valence-electron chi connectivity index (χ1n) is 5.91. The number of amides is 2. The van der Waals surface area contributed by atoms with Crippen molar-refractivity contribution < 1.29 is 9.59 Å². The van der Waals surface area contributed by atoms with E-state index in [4.69, 9.17) is 0 Å². The molecule has 1 aliphatic heterocycles. The van der Waals surface area contributed by atoms with E-state index < -0.39 is 0 Å². The molecule has 1 aliphatic rings. The van der Waals surface area contributed by atoms with Gasteiger partial charge in [0.25, 0.3) is 0 Å². The van der Waals surface area contributed by atoms with E-state index in [-0.39, 0.29) is 24.4 Å². The minimum absolute atomic E-state index is 0.0583. The van der Waals surface area contributed by atoms with Crippen LogP contribution in [0.25, 0.3) is 0 Å². The summed E-state index contributed by atoms with van der Waals surface area (Å²) in [6, 6.07) is -0.0868. The summed E-state index contributed by atoms with van der Waals surface area (Å²) in [5, 5.41) is 5.71. The van der Waals surface area contributed by atoms with Crippen LogP contribution in [0.4, 0.5) is 0 Å². The predicted octanol–water partition coefficient (Wildman–Crippen LogP) is -0.277. The van der Waals surface area contributed by atoms with E-state index in [1.807, 2.05) is 6.92 Å². The number of carbonyl (C=O) groups is 2. The molecular weight excluding hydrogens is 206 g/mol. The zero-order valence-corrected chi connectivity index (χ0v) is 10.1. The third-order valence-electron chi connectivity index (χ3n) is 2.78. The van der Waals surface area contributed by atoms with Crippen LogP contribution in [-0.2, 0) is 9.59 Å². The second-order valence-corrected chi connectivity index (χ2v) is 4.08. The molecule has 2 N–H and O–H groups in total. The van der Waals surface area contributed by atoms with Gasteiger partial charge in [0.2, 0.25) is 11.8 Å². The van der Waals surface area contributed by atoms with Crippen molar-refractivity contribution in [1.82, 2.24) is 15.5 Å². The second kappa shape index (κ2) is 6.48. The first kappa shape index (κ1) is 13.0. The Balaban J connectivity index is 2.53. The lowest BCUT2D eigenvalue weighted by molar-refractivity contribution is -0.137. The van der Waals surface area contributed by atoms with Crippen LogP contribution in [0.15, 0.2) is 0 Å². The smallest absolute Gasteiger partial charge is 0.240 e. The van der Waals surface area contributed by atoms with Crippen molar-refractivity contribution in [2.24, 2.45) is 0 Å². The van der Waals surface area contributed by atoms with Gasteiger partial charge >= 0.3 is 0 Å². The summed E-state index contributed by atoms with van der Waals surface area (Å²) in [5.74, 6) is -0.0530. The van der Waals surface area contributed by atoms with Crippen molar-refractivity contribution in [2.75, 3.05) is 26.7 Å². The van der Waals surface area contributed by atoms with Crippen LogP contribution in [0.1, 0.15) is 26.2 Å². The maximum absolute atomic E-state index is 12.1. The number of rotatable bonds is 5. The SMILES string of the molecule is CCCN(CC(=O)NC)C(=O)C1CCCN1. The van der Waals surface area contributed by atoms with Gasteiger partial charge in [-0.15, -0.1) is 0 Å². The molecule has 0 aromatic heterocycles. The van der Waals surface area contributed by atoms with Crippen LogP contribution >= 0.6 is 0 Å². The Hall–Kier alpha value is -1.10. The van der Waals surface area contributed by atoms with E-state index in [1.165, 1.54) is 0 Å². The zero-order chi connectivity index (χ0) is 12.0. The Labute approximate surface area is 96.6 Å². The van der Waals surface area contributed by atoms with E-state index in [0.29, 0.717) is 6.54 Å². The van der Waals surface area contributed by atoms with Crippen molar-refractivity contribution in [3.05, 3.63) is 0 Å². The van der Waals surface area contributed by atoms with Crippen molar-refractivity contribution in [1.29, 1.82) is 0 Å². The van der Waals surface area contributed by atoms with E-state index >= 15 is 0 Å². The van der Waals surface area contributed by atoms with Gasteiger partial charge in [-0.3, -0.25) is 9.59 Å². The molecule has 5 heteroatoms. The first-order valence-corrected chi connectivity index (χ1v) is 5.91. The number of hydrogen-bond donors (Lipinski definition) is 2. The van der Waals surface area contributed by atoms with Gasteiger partial charge in [0.15, 0.2) is 0 Å². The van der Waals surface area contributed by atoms with Crippen molar-refractivity contribution in [3.8, 4) is 0 Å². The maximum Gasteiger partial charge on any atom is 0.240 e. The fraction of sp³-hybridized carbons (Fsp3) is 0.818. The van der Waals surface area contributed by atoms with E-state index in [2.05, 4.69) is 10.6 Å². The molecule has 2 amide bonds. The molecule has 0 aliphatic carbocycles. The van der Waals surface area contributed by atoms with Gasteiger partial charge in [0.05, 0.1) is 12.6 Å². The third kappa shape index (κ3) is 3.48. The highest BCUT2D eigenvalue weighted by molar-refractivity contribution is 5.87. The molecule has 16 heavy (non-hydrogen) atoms. The molecule has 92 valence electrons. The molecular formula is C11H21N3O2. The summed E-state index contributed by atoms with van der Waals surface area (Å²) in [6.07, 6.45) is 2.79. The van der Waals surface area contributed by atoms with E-state index in [0.717, 1.165) is 25.8 Å². The predicted molar refractivity (Wildman–Crippen MR) is 62.0 cm³/mol. The lowest BCUT2D eigenvalue weighted by atomic mass is 10.2. The second-order valence-electron chi connectivity index (χ2n) is 4.08. The molecule has 0 bridgehead atoms. The molecule has 0 aromatic rings. The Morgan fingerprint density at radius 1 is 1.50 bits per heavy atom. The average molecular weight is 227 g/mol. The number of nitrogens with zero attached hydrogens (tertiary/aromatic N) is 1. The Morgan fingerprint density at radius 2 is 2.25 bits per heavy atom. The van der Waals surface area contributed by atoms with Crippen molar-refractivity contribution in [3.63, 3.8) is 0 Å². The quantitative estimate of drug-likeness (QED) is 0.679. The topological polar surface area (TPSA) is 61.4 Å². The van der Waals surface area contributed by atoms with Gasteiger partial charge in [0.1, 0.15) is 0 Å². The van der Waals surface area contributed by atoms with Gasteiger partial charge in [-0.2, -0.15) is 0 Å². The molecule has 0 aromatic carbocycles. The normalized spacial score (nSPS) is 19.5. The summed E-state index contributed by atoms with van der Waals surface area (Å²) in [6.45, 7) is 3.72. The standard InChI is InChI=1S/C11H21N3O2/c1-3-7-14(8-10(15)12-2)11(16)9-5-4-6-13-9/h9,13H,3-8H2,1-2H3,(H,12,15). The largest absolute Gasteiger partial charge is 0.358 e. The molecule has 0 spiro atoms. The monoisotopic (exact) mass is 227 g/mol. The molecule has 1 heterocycles. The van der Waals surface area contributed by atoms with Crippen LogP contribution < -0.4 is 10.6 Å². The first-order chi connectivity index (χ1) is 7.69. The summed E-state index contributed by atoms with van der Waals surface area (Å²) < 4.78 is 0. The Bertz CT molecular complexity index is 250. The number of carbonyl (C=O) groups excluding carboxylic acids is 2. The lowest BCUT2D eigenvalue weighted by Crippen LogP contribution is -2.47. The van der Waals surface area contributed by atoms with Gasteiger partial charge in [-0.25, -0.2) is 0 Å². The fourth-order valence-corrected chi connectivity index (χ4v) is 1.91. The minimum atomic E-state index is -0.111. The number of likely N-dealkylation sites (N-methyl/N-ethyl adjacent to an activating group) is 1. The summed E-state index contributed by atoms with van der Waals surface area (Å²) in [7, 11) is 1.59. The number of nitrogens with one attached hydrogen (secondary N) is 2. The molecule has 5 nitrogen and oxygen atoms in total. The zero-order valence-electron chi connectivity index (χ0n) is 10.1. The van der Waals surface area contributed by atoms with Crippen LogP contribution in [0.3, 0.4) is 0 Å². The molecule has 1 saturated heterocycles. The Kier molecular flexibility index (Phi) is 5.25. The highest BCUT2D eigenvalue weighted by atomic mass is 16.2. The van der Waals surface area contributed by atoms with Crippen molar-refractivity contribution in [2.45, 2.75) is 32.2 Å².